The Morgan fingerprint density at radius 3 is 2.33 bits per heavy atom. The van der Waals surface area contributed by atoms with Gasteiger partial charge in [-0.3, -0.25) is 9.59 Å². The molecule has 0 aliphatic carbocycles. The largest absolute Gasteiger partial charge is 0.481 e. The van der Waals surface area contributed by atoms with Gasteiger partial charge in [0.1, 0.15) is 5.60 Å². The van der Waals surface area contributed by atoms with Crippen molar-refractivity contribution in [1.29, 1.82) is 0 Å². The Bertz CT molecular complexity index is 127. The number of aliphatic carboxylic acids is 1. The summed E-state index contributed by atoms with van der Waals surface area (Å²) in [4.78, 5) is 19.6. The lowest BCUT2D eigenvalue weighted by Gasteiger charge is -2.09. The van der Waals surface area contributed by atoms with E-state index in [0.29, 0.717) is 0 Å². The standard InChI is InChI=1S/C5H7O4/c1-5(9,3-6)2-4(7)8/h9H,2H2,1H3,(H,7,8). The summed E-state index contributed by atoms with van der Waals surface area (Å²) in [5.41, 5.74) is -1.84. The highest BCUT2D eigenvalue weighted by atomic mass is 16.4. The Morgan fingerprint density at radius 2 is 2.22 bits per heavy atom. The number of rotatable bonds is 3. The van der Waals surface area contributed by atoms with Gasteiger partial charge in [-0.2, -0.15) is 0 Å². The van der Waals surface area contributed by atoms with Crippen LogP contribution in [-0.2, 0) is 9.59 Å². The lowest BCUT2D eigenvalue weighted by atomic mass is 10.1. The van der Waals surface area contributed by atoms with Crippen LogP contribution in [0.4, 0.5) is 0 Å². The smallest absolute Gasteiger partial charge is 0.306 e. The lowest BCUT2D eigenvalue weighted by molar-refractivity contribution is -0.140. The monoisotopic (exact) mass is 131 g/mol. The van der Waals surface area contributed by atoms with Crippen molar-refractivity contribution in [3.05, 3.63) is 0 Å². The van der Waals surface area contributed by atoms with E-state index in [1.165, 1.54) is 6.29 Å². The minimum atomic E-state index is -1.84. The van der Waals surface area contributed by atoms with Gasteiger partial charge in [0, 0.05) is 0 Å². The second kappa shape index (κ2) is 2.59. The van der Waals surface area contributed by atoms with Crippen LogP contribution >= 0.6 is 0 Å². The minimum Gasteiger partial charge on any atom is -0.481 e. The molecule has 0 bridgehead atoms. The van der Waals surface area contributed by atoms with Crippen LogP contribution in [0.3, 0.4) is 0 Å². The SMILES string of the molecule is CC(O)([C]=O)CC(=O)O. The number of carboxylic acids is 1. The van der Waals surface area contributed by atoms with Crippen molar-refractivity contribution in [3.63, 3.8) is 0 Å². The predicted octanol–water partition coefficient (Wildman–Crippen LogP) is -0.678. The Labute approximate surface area is 52.1 Å². The van der Waals surface area contributed by atoms with E-state index in [4.69, 9.17) is 10.2 Å². The quantitative estimate of drug-likeness (QED) is 0.532. The highest BCUT2D eigenvalue weighted by Gasteiger charge is 2.23. The first-order valence-electron chi connectivity index (χ1n) is 2.31. The summed E-state index contributed by atoms with van der Waals surface area (Å²) in [6.07, 6.45) is 0.597. The van der Waals surface area contributed by atoms with Gasteiger partial charge in [-0.1, -0.05) is 0 Å². The molecule has 0 amide bonds. The number of carbonyl (C=O) groups is 1. The maximum absolute atomic E-state index is 9.83. The first-order chi connectivity index (χ1) is 3.98. The first-order valence-corrected chi connectivity index (χ1v) is 2.31. The lowest BCUT2D eigenvalue weighted by Crippen LogP contribution is -2.29. The third-order valence-corrected chi connectivity index (χ3v) is 0.715. The van der Waals surface area contributed by atoms with Crippen molar-refractivity contribution in [2.24, 2.45) is 0 Å². The van der Waals surface area contributed by atoms with Gasteiger partial charge in [0.2, 0.25) is 6.29 Å². The highest BCUT2D eigenvalue weighted by molar-refractivity contribution is 5.75. The van der Waals surface area contributed by atoms with E-state index < -0.39 is 18.0 Å². The summed E-state index contributed by atoms with van der Waals surface area (Å²) in [5, 5.41) is 16.7. The zero-order valence-electron chi connectivity index (χ0n) is 4.92. The Kier molecular flexibility index (Phi) is 2.33. The zero-order chi connectivity index (χ0) is 7.49. The van der Waals surface area contributed by atoms with Gasteiger partial charge in [-0.25, -0.2) is 0 Å². The third kappa shape index (κ3) is 3.66. The summed E-state index contributed by atoms with van der Waals surface area (Å²) in [6, 6.07) is 0. The topological polar surface area (TPSA) is 74.6 Å². The molecule has 1 unspecified atom stereocenters. The molecule has 9 heavy (non-hydrogen) atoms. The second-order valence-electron chi connectivity index (χ2n) is 1.95. The average molecular weight is 131 g/mol. The number of hydrogen-bond donors (Lipinski definition) is 2. The average Bonchev–Trinajstić information content (AvgIpc) is 1.63. The molecule has 0 fully saturated rings. The summed E-state index contributed by atoms with van der Waals surface area (Å²) >= 11 is 0. The van der Waals surface area contributed by atoms with Crippen molar-refractivity contribution in [3.8, 4) is 0 Å². The minimum absolute atomic E-state index is 0.601. The summed E-state index contributed by atoms with van der Waals surface area (Å²) in [6.45, 7) is 1.09. The van der Waals surface area contributed by atoms with E-state index in [9.17, 15) is 9.59 Å². The molecular formula is C5H7O4. The zero-order valence-corrected chi connectivity index (χ0v) is 4.92. The van der Waals surface area contributed by atoms with Crippen LogP contribution in [0.1, 0.15) is 13.3 Å². The molecule has 0 heterocycles. The molecule has 0 aromatic carbocycles. The van der Waals surface area contributed by atoms with Gasteiger partial charge in [-0.05, 0) is 6.92 Å². The van der Waals surface area contributed by atoms with Crippen LogP contribution in [0, 0.1) is 0 Å². The van der Waals surface area contributed by atoms with Crippen molar-refractivity contribution in [1.82, 2.24) is 0 Å². The Morgan fingerprint density at radius 1 is 1.78 bits per heavy atom. The molecule has 2 N–H and O–H groups in total. The second-order valence-corrected chi connectivity index (χ2v) is 1.95. The maximum atomic E-state index is 9.83. The summed E-state index contributed by atoms with van der Waals surface area (Å²) < 4.78 is 0. The van der Waals surface area contributed by atoms with E-state index in [1.807, 2.05) is 0 Å². The predicted molar refractivity (Wildman–Crippen MR) is 28.6 cm³/mol. The van der Waals surface area contributed by atoms with Crippen LogP contribution in [-0.4, -0.2) is 28.1 Å². The van der Waals surface area contributed by atoms with Crippen LogP contribution in [0.15, 0.2) is 0 Å². The van der Waals surface area contributed by atoms with Gasteiger partial charge in [0.05, 0.1) is 6.42 Å². The molecule has 0 aliphatic heterocycles. The molecule has 0 rings (SSSR count). The van der Waals surface area contributed by atoms with E-state index >= 15 is 0 Å². The number of carboxylic acid groups (broad SMARTS) is 1. The summed E-state index contributed by atoms with van der Waals surface area (Å²) in [5.74, 6) is -1.22. The molecule has 4 heteroatoms. The fourth-order valence-electron chi connectivity index (χ4n) is 0.331. The third-order valence-electron chi connectivity index (χ3n) is 0.715. The maximum Gasteiger partial charge on any atom is 0.306 e. The van der Waals surface area contributed by atoms with Crippen molar-refractivity contribution >= 4 is 12.3 Å². The van der Waals surface area contributed by atoms with E-state index in [2.05, 4.69) is 0 Å². The van der Waals surface area contributed by atoms with E-state index in [-0.39, 0.29) is 0 Å². The van der Waals surface area contributed by atoms with Crippen LogP contribution in [0.25, 0.3) is 0 Å². The van der Waals surface area contributed by atoms with Gasteiger partial charge in [-0.15, -0.1) is 0 Å². The molecule has 0 spiro atoms. The molecule has 0 aromatic rings. The number of carbonyl (C=O) groups excluding carboxylic acids is 1. The summed E-state index contributed by atoms with van der Waals surface area (Å²) in [7, 11) is 0. The van der Waals surface area contributed by atoms with Crippen LogP contribution < -0.4 is 0 Å². The van der Waals surface area contributed by atoms with Crippen LogP contribution in [0.2, 0.25) is 0 Å². The van der Waals surface area contributed by atoms with Gasteiger partial charge < -0.3 is 10.2 Å². The van der Waals surface area contributed by atoms with E-state index in [0.717, 1.165) is 6.92 Å². The molecular weight excluding hydrogens is 124 g/mol. The highest BCUT2D eigenvalue weighted by Crippen LogP contribution is 2.03. The Hall–Kier alpha value is -0.900. The van der Waals surface area contributed by atoms with Crippen molar-refractivity contribution < 1.29 is 19.8 Å². The van der Waals surface area contributed by atoms with Crippen LogP contribution in [0.5, 0.6) is 0 Å². The fourth-order valence-corrected chi connectivity index (χ4v) is 0.331. The number of hydrogen-bond acceptors (Lipinski definition) is 3. The first kappa shape index (κ1) is 8.10. The molecule has 1 atom stereocenters. The molecule has 1 radical (unpaired) electrons. The van der Waals surface area contributed by atoms with Gasteiger partial charge in [0.15, 0.2) is 0 Å². The van der Waals surface area contributed by atoms with Gasteiger partial charge in [0.25, 0.3) is 0 Å². The molecule has 0 aromatic heterocycles. The van der Waals surface area contributed by atoms with E-state index in [1.54, 1.807) is 0 Å². The van der Waals surface area contributed by atoms with Crippen molar-refractivity contribution in [2.75, 3.05) is 0 Å². The van der Waals surface area contributed by atoms with Crippen molar-refractivity contribution in [2.45, 2.75) is 18.9 Å². The molecule has 4 nitrogen and oxygen atoms in total. The van der Waals surface area contributed by atoms with Gasteiger partial charge >= 0.3 is 5.97 Å². The Balaban J connectivity index is 3.86. The molecule has 0 saturated carbocycles. The molecule has 51 valence electrons. The normalized spacial score (nSPS) is 16.2. The molecule has 0 saturated heterocycles. The molecule has 0 aliphatic rings. The number of aliphatic hydroxyl groups is 1. The fraction of sp³-hybridized carbons (Fsp3) is 0.600.